The third-order valence-electron chi connectivity index (χ3n) is 4.65. The molecule has 0 saturated carbocycles. The molecule has 3 N–H and O–H groups in total. The van der Waals surface area contributed by atoms with Gasteiger partial charge in [-0.25, -0.2) is 17.2 Å². The van der Waals surface area contributed by atoms with Gasteiger partial charge in [-0.05, 0) is 49.2 Å². The van der Waals surface area contributed by atoms with Gasteiger partial charge in [-0.2, -0.15) is 4.31 Å². The minimum absolute atomic E-state index is 0.161. The van der Waals surface area contributed by atoms with Crippen molar-refractivity contribution >= 4 is 33.2 Å². The van der Waals surface area contributed by atoms with Crippen LogP contribution in [0, 0.1) is 11.6 Å². The number of carbonyl (C=O) groups is 1. The second kappa shape index (κ2) is 8.94. The fourth-order valence-electron chi connectivity index (χ4n) is 3.07. The van der Waals surface area contributed by atoms with Crippen LogP contribution in [0.4, 0.5) is 14.5 Å². The average molecular weight is 461 g/mol. The van der Waals surface area contributed by atoms with Crippen LogP contribution in [0.25, 0.3) is 0 Å². The smallest absolute Gasteiger partial charge is 0.255 e. The molecular formula is C19H19ClF2N2O5S. The number of rotatable bonds is 4. The largest absolute Gasteiger partial charge is 0.392 e. The third kappa shape index (κ3) is 4.96. The highest BCUT2D eigenvalue weighted by molar-refractivity contribution is 7.89. The normalized spacial score (nSPS) is 20.6. The molecule has 0 bridgehead atoms. The van der Waals surface area contributed by atoms with Crippen molar-refractivity contribution in [2.75, 3.05) is 18.4 Å². The molecule has 1 heterocycles. The number of hydrogen-bond donors (Lipinski definition) is 3. The first-order chi connectivity index (χ1) is 14.1. The molecule has 2 aromatic rings. The lowest BCUT2D eigenvalue weighted by molar-refractivity contribution is 0.102. The number of halogens is 3. The predicted molar refractivity (Wildman–Crippen MR) is 106 cm³/mol. The summed E-state index contributed by atoms with van der Waals surface area (Å²) >= 11 is 5.67. The number of carbonyl (C=O) groups excluding carboxylic acids is 1. The molecule has 0 radical (unpaired) electrons. The van der Waals surface area contributed by atoms with E-state index in [1.165, 1.54) is 12.1 Å². The molecule has 1 aliphatic rings. The van der Waals surface area contributed by atoms with E-state index >= 15 is 0 Å². The maximum Gasteiger partial charge on any atom is 0.255 e. The molecule has 0 aromatic heterocycles. The Morgan fingerprint density at radius 2 is 1.63 bits per heavy atom. The highest BCUT2D eigenvalue weighted by Crippen LogP contribution is 2.25. The monoisotopic (exact) mass is 460 g/mol. The zero-order valence-electron chi connectivity index (χ0n) is 15.6. The molecule has 1 saturated heterocycles. The molecule has 1 aliphatic heterocycles. The van der Waals surface area contributed by atoms with E-state index < -0.39 is 44.7 Å². The molecule has 3 rings (SSSR count). The van der Waals surface area contributed by atoms with Crippen molar-refractivity contribution in [3.63, 3.8) is 0 Å². The third-order valence-corrected chi connectivity index (χ3v) is 6.79. The standard InChI is InChI=1S/C19H19ClF2N2O5S/c20-15-8-12(2-6-16(15)21)23-19(27)11-1-5-17(22)18(7-11)30(28,29)24-9-13(25)3-4-14(26)10-24/h1-2,5-8,13-14,25-26H,3-4,9-10H2,(H,23,27)/t13-,14-/m1/s1. The molecule has 0 aliphatic carbocycles. The number of β-amino-alcohol motifs (C(OH)–C–C–N with tert-alkyl or cyclic N) is 2. The van der Waals surface area contributed by atoms with Gasteiger partial charge in [0, 0.05) is 24.3 Å². The summed E-state index contributed by atoms with van der Waals surface area (Å²) in [6.45, 7) is -0.604. The molecule has 30 heavy (non-hydrogen) atoms. The van der Waals surface area contributed by atoms with E-state index in [9.17, 15) is 32.2 Å². The van der Waals surface area contributed by atoms with Gasteiger partial charge in [-0.1, -0.05) is 11.6 Å². The van der Waals surface area contributed by atoms with Crippen molar-refractivity contribution in [3.8, 4) is 0 Å². The number of aliphatic hydroxyl groups excluding tert-OH is 2. The van der Waals surface area contributed by atoms with Crippen molar-refractivity contribution in [1.82, 2.24) is 4.31 Å². The van der Waals surface area contributed by atoms with Crippen molar-refractivity contribution in [2.24, 2.45) is 0 Å². The van der Waals surface area contributed by atoms with Gasteiger partial charge in [0.25, 0.3) is 5.91 Å². The molecule has 1 fully saturated rings. The van der Waals surface area contributed by atoms with Gasteiger partial charge in [-0.15, -0.1) is 0 Å². The first kappa shape index (κ1) is 22.6. The van der Waals surface area contributed by atoms with E-state index in [0.29, 0.717) is 0 Å². The summed E-state index contributed by atoms with van der Waals surface area (Å²) in [5.41, 5.74) is 0.00485. The number of anilines is 1. The van der Waals surface area contributed by atoms with Crippen molar-refractivity contribution < 1.29 is 32.2 Å². The Labute approximate surface area is 176 Å². The fourth-order valence-corrected chi connectivity index (χ4v) is 4.85. The van der Waals surface area contributed by atoms with E-state index in [1.807, 2.05) is 0 Å². The summed E-state index contributed by atoms with van der Waals surface area (Å²) in [6, 6.07) is 6.30. The van der Waals surface area contributed by atoms with Gasteiger partial charge < -0.3 is 15.5 Å². The molecular weight excluding hydrogens is 442 g/mol. The summed E-state index contributed by atoms with van der Waals surface area (Å²) in [5.74, 6) is -2.51. The van der Waals surface area contributed by atoms with Gasteiger partial charge in [0.2, 0.25) is 10.0 Å². The minimum Gasteiger partial charge on any atom is -0.392 e. The summed E-state index contributed by atoms with van der Waals surface area (Å²) in [4.78, 5) is 11.7. The van der Waals surface area contributed by atoms with Crippen LogP contribution >= 0.6 is 11.6 Å². The van der Waals surface area contributed by atoms with Gasteiger partial charge in [0.05, 0.1) is 17.2 Å². The Hall–Kier alpha value is -2.11. The quantitative estimate of drug-likeness (QED) is 0.649. The van der Waals surface area contributed by atoms with Crippen molar-refractivity contribution in [3.05, 3.63) is 58.6 Å². The second-order valence-corrected chi connectivity index (χ2v) is 9.25. The van der Waals surface area contributed by atoms with Crippen LogP contribution in [0.5, 0.6) is 0 Å². The average Bonchev–Trinajstić information content (AvgIpc) is 2.86. The van der Waals surface area contributed by atoms with Crippen LogP contribution in [0.2, 0.25) is 5.02 Å². The van der Waals surface area contributed by atoms with Crippen LogP contribution in [-0.2, 0) is 10.0 Å². The number of amides is 1. The summed E-state index contributed by atoms with van der Waals surface area (Å²) < 4.78 is 54.3. The van der Waals surface area contributed by atoms with Gasteiger partial charge in [0.1, 0.15) is 16.5 Å². The maximum atomic E-state index is 14.4. The lowest BCUT2D eigenvalue weighted by Crippen LogP contribution is -2.39. The molecule has 2 atom stereocenters. The Balaban J connectivity index is 1.90. The number of hydrogen-bond acceptors (Lipinski definition) is 5. The molecule has 1 amide bonds. The summed E-state index contributed by atoms with van der Waals surface area (Å²) in [6.07, 6.45) is -1.60. The Morgan fingerprint density at radius 3 is 2.23 bits per heavy atom. The predicted octanol–water partition coefficient (Wildman–Crippen LogP) is 2.38. The van der Waals surface area contributed by atoms with Crippen LogP contribution in [0.1, 0.15) is 23.2 Å². The molecule has 0 spiro atoms. The van der Waals surface area contributed by atoms with Crippen molar-refractivity contribution in [1.29, 1.82) is 0 Å². The summed E-state index contributed by atoms with van der Waals surface area (Å²) in [7, 11) is -4.44. The highest BCUT2D eigenvalue weighted by atomic mass is 35.5. The molecule has 7 nitrogen and oxygen atoms in total. The zero-order chi connectivity index (χ0) is 22.1. The van der Waals surface area contributed by atoms with Crippen LogP contribution in [-0.4, -0.2) is 54.1 Å². The lowest BCUT2D eigenvalue weighted by atomic mass is 10.1. The zero-order valence-corrected chi connectivity index (χ0v) is 17.1. The van der Waals surface area contributed by atoms with Gasteiger partial charge >= 0.3 is 0 Å². The number of nitrogens with zero attached hydrogens (tertiary/aromatic N) is 1. The van der Waals surface area contributed by atoms with E-state index in [2.05, 4.69) is 5.32 Å². The summed E-state index contributed by atoms with van der Waals surface area (Å²) in [5, 5.41) is 22.0. The van der Waals surface area contributed by atoms with Crippen LogP contribution < -0.4 is 5.32 Å². The van der Waals surface area contributed by atoms with E-state index in [4.69, 9.17) is 11.6 Å². The lowest BCUT2D eigenvalue weighted by Gasteiger charge is -2.23. The Kier molecular flexibility index (Phi) is 6.73. The maximum absolute atomic E-state index is 14.4. The topological polar surface area (TPSA) is 107 Å². The number of nitrogens with one attached hydrogen (secondary N) is 1. The fraction of sp³-hybridized carbons (Fsp3) is 0.316. The minimum atomic E-state index is -4.44. The first-order valence-electron chi connectivity index (χ1n) is 9.00. The number of aliphatic hydroxyl groups is 2. The number of benzene rings is 2. The SMILES string of the molecule is O=C(Nc1ccc(F)c(Cl)c1)c1ccc(F)c(S(=O)(=O)N2C[C@H](O)CC[C@@H](O)C2)c1. The molecule has 2 aromatic carbocycles. The van der Waals surface area contributed by atoms with Gasteiger partial charge in [-0.3, -0.25) is 4.79 Å². The van der Waals surface area contributed by atoms with Gasteiger partial charge in [0.15, 0.2) is 0 Å². The first-order valence-corrected chi connectivity index (χ1v) is 10.8. The number of sulfonamides is 1. The van der Waals surface area contributed by atoms with Crippen LogP contribution in [0.3, 0.4) is 0 Å². The second-order valence-electron chi connectivity index (χ2n) is 6.94. The van der Waals surface area contributed by atoms with E-state index in [1.54, 1.807) is 0 Å². The molecule has 11 heteroatoms. The van der Waals surface area contributed by atoms with Crippen molar-refractivity contribution in [2.45, 2.75) is 29.9 Å². The molecule has 162 valence electrons. The highest BCUT2D eigenvalue weighted by Gasteiger charge is 2.33. The van der Waals surface area contributed by atoms with Crippen LogP contribution in [0.15, 0.2) is 41.3 Å². The Morgan fingerprint density at radius 1 is 1.03 bits per heavy atom. The Bertz CT molecular complexity index is 1050. The van der Waals surface area contributed by atoms with E-state index in [0.717, 1.165) is 28.6 Å². The van der Waals surface area contributed by atoms with E-state index in [-0.39, 0.29) is 42.2 Å². The molecule has 0 unspecified atom stereocenters.